The second-order valence-electron chi connectivity index (χ2n) is 2.37. The van der Waals surface area contributed by atoms with Gasteiger partial charge in [0, 0.05) is 12.5 Å². The molecule has 0 aliphatic heterocycles. The Morgan fingerprint density at radius 2 is 2.11 bits per heavy atom. The molecule has 0 atom stereocenters. The fraction of sp³-hybridized carbons (Fsp3) is 0.857. The van der Waals surface area contributed by atoms with Crippen molar-refractivity contribution in [2.45, 2.75) is 27.2 Å². The van der Waals surface area contributed by atoms with Crippen LogP contribution in [0, 0.1) is 5.92 Å². The molecule has 0 rings (SSSR count). The molecule has 0 unspecified atom stereocenters. The molecule has 0 aromatic heterocycles. The Kier molecular flexibility index (Phi) is 4.10. The fourth-order valence-corrected chi connectivity index (χ4v) is 0.405. The van der Waals surface area contributed by atoms with E-state index in [1.165, 1.54) is 0 Å². The average molecular weight is 128 g/mol. The molecular weight excluding hydrogens is 114 g/mol. The molecule has 0 aliphatic rings. The number of hydrogen-bond donors (Lipinski definition) is 0. The molecule has 2 nitrogen and oxygen atoms in total. The highest BCUT2D eigenvalue weighted by atomic mass is 16.1. The Labute approximate surface area is 56.6 Å². The molecule has 0 saturated carbocycles. The van der Waals surface area contributed by atoms with Crippen LogP contribution in [0.3, 0.4) is 0 Å². The highest BCUT2D eigenvalue weighted by Crippen LogP contribution is 1.91. The number of nitrogens with zero attached hydrogens (tertiary/aromatic N) is 1. The van der Waals surface area contributed by atoms with Crippen LogP contribution in [-0.2, 0) is 4.79 Å². The molecule has 2 heteroatoms. The van der Waals surface area contributed by atoms with Crippen molar-refractivity contribution in [3.8, 4) is 0 Å². The summed E-state index contributed by atoms with van der Waals surface area (Å²) < 4.78 is 0. The minimum atomic E-state index is 0.0249. The Hall–Kier alpha value is -0.530. The van der Waals surface area contributed by atoms with Gasteiger partial charge in [-0.1, -0.05) is 20.8 Å². The third-order valence-corrected chi connectivity index (χ3v) is 0.985. The van der Waals surface area contributed by atoms with Crippen molar-refractivity contribution < 1.29 is 4.79 Å². The van der Waals surface area contributed by atoms with Gasteiger partial charge in [0.15, 0.2) is 0 Å². The first-order valence-corrected chi connectivity index (χ1v) is 3.39. The topological polar surface area (TPSA) is 31.2 Å². The van der Waals surface area contributed by atoms with Gasteiger partial charge in [-0.3, -0.25) is 10.1 Å². The molecule has 0 spiro atoms. The van der Waals surface area contributed by atoms with E-state index < -0.39 is 0 Å². The predicted molar refractivity (Wildman–Crippen MR) is 37.1 cm³/mol. The number of rotatable bonds is 3. The van der Waals surface area contributed by atoms with Crippen LogP contribution in [0.25, 0.3) is 0 Å². The quantitative estimate of drug-likeness (QED) is 0.561. The molecular formula is C7H14NO. The summed E-state index contributed by atoms with van der Waals surface area (Å²) in [6.07, 6.45) is 0.957. The van der Waals surface area contributed by atoms with Crippen LogP contribution in [0.1, 0.15) is 27.2 Å². The molecule has 53 valence electrons. The highest BCUT2D eigenvalue weighted by molar-refractivity contribution is 5.77. The maximum absolute atomic E-state index is 10.7. The first-order chi connectivity index (χ1) is 4.18. The van der Waals surface area contributed by atoms with Gasteiger partial charge in [-0.05, 0) is 6.42 Å². The van der Waals surface area contributed by atoms with Gasteiger partial charge >= 0.3 is 0 Å². The number of hydrogen-bond acceptors (Lipinski definition) is 1. The van der Waals surface area contributed by atoms with Crippen molar-refractivity contribution >= 4 is 5.91 Å². The van der Waals surface area contributed by atoms with Crippen LogP contribution in [0.15, 0.2) is 0 Å². The SMILES string of the molecule is CCC[N]C(=O)C(C)C. The van der Waals surface area contributed by atoms with Gasteiger partial charge in [0.25, 0.3) is 0 Å². The van der Waals surface area contributed by atoms with E-state index >= 15 is 0 Å². The smallest absolute Gasteiger partial charge is 0.243 e. The maximum Gasteiger partial charge on any atom is 0.243 e. The fourth-order valence-electron chi connectivity index (χ4n) is 0.405. The summed E-state index contributed by atoms with van der Waals surface area (Å²) in [7, 11) is 0. The third kappa shape index (κ3) is 4.01. The van der Waals surface area contributed by atoms with Gasteiger partial charge < -0.3 is 0 Å². The second-order valence-corrected chi connectivity index (χ2v) is 2.37. The van der Waals surface area contributed by atoms with E-state index in [2.05, 4.69) is 5.32 Å². The summed E-state index contributed by atoms with van der Waals surface area (Å²) in [6.45, 7) is 6.41. The lowest BCUT2D eigenvalue weighted by atomic mass is 10.2. The lowest BCUT2D eigenvalue weighted by Crippen LogP contribution is -2.21. The molecule has 0 fully saturated rings. The molecule has 0 aliphatic carbocycles. The second kappa shape index (κ2) is 4.36. The van der Waals surface area contributed by atoms with Crippen LogP contribution in [0.2, 0.25) is 0 Å². The zero-order valence-corrected chi connectivity index (χ0v) is 6.35. The zero-order chi connectivity index (χ0) is 7.28. The largest absolute Gasteiger partial charge is 0.273 e. The minimum absolute atomic E-state index is 0.0249. The van der Waals surface area contributed by atoms with Crippen molar-refractivity contribution in [2.24, 2.45) is 5.92 Å². The lowest BCUT2D eigenvalue weighted by Gasteiger charge is -2.01. The van der Waals surface area contributed by atoms with Crippen LogP contribution in [-0.4, -0.2) is 12.5 Å². The van der Waals surface area contributed by atoms with E-state index in [4.69, 9.17) is 0 Å². The van der Waals surface area contributed by atoms with Crippen LogP contribution < -0.4 is 5.32 Å². The molecule has 0 bridgehead atoms. The van der Waals surface area contributed by atoms with Crippen molar-refractivity contribution in [3.63, 3.8) is 0 Å². The monoisotopic (exact) mass is 128 g/mol. The lowest BCUT2D eigenvalue weighted by molar-refractivity contribution is -0.124. The van der Waals surface area contributed by atoms with Gasteiger partial charge in [0.2, 0.25) is 5.91 Å². The normalized spacial score (nSPS) is 9.78. The van der Waals surface area contributed by atoms with Crippen LogP contribution >= 0.6 is 0 Å². The average Bonchev–Trinajstić information content (AvgIpc) is 1.82. The first-order valence-electron chi connectivity index (χ1n) is 3.39. The van der Waals surface area contributed by atoms with E-state index in [9.17, 15) is 4.79 Å². The summed E-state index contributed by atoms with van der Waals surface area (Å²) in [4.78, 5) is 10.7. The zero-order valence-electron chi connectivity index (χ0n) is 6.35. The molecule has 0 saturated heterocycles. The van der Waals surface area contributed by atoms with Crippen molar-refractivity contribution in [1.82, 2.24) is 5.32 Å². The highest BCUT2D eigenvalue weighted by Gasteiger charge is 2.05. The van der Waals surface area contributed by atoms with Gasteiger partial charge in [-0.15, -0.1) is 0 Å². The molecule has 9 heavy (non-hydrogen) atoms. The Bertz CT molecular complexity index is 88.9. The Morgan fingerprint density at radius 3 is 2.44 bits per heavy atom. The molecule has 0 N–H and O–H groups in total. The number of carbonyl (C=O) groups excluding carboxylic acids is 1. The Morgan fingerprint density at radius 1 is 1.56 bits per heavy atom. The van der Waals surface area contributed by atoms with E-state index in [1.54, 1.807) is 0 Å². The molecule has 0 aromatic carbocycles. The third-order valence-electron chi connectivity index (χ3n) is 0.985. The number of amides is 1. The summed E-state index contributed by atoms with van der Waals surface area (Å²) >= 11 is 0. The van der Waals surface area contributed by atoms with Gasteiger partial charge in [-0.25, -0.2) is 0 Å². The van der Waals surface area contributed by atoms with Crippen LogP contribution in [0.5, 0.6) is 0 Å². The number of carbonyl (C=O) groups is 1. The van der Waals surface area contributed by atoms with E-state index in [1.807, 2.05) is 20.8 Å². The molecule has 0 aromatic rings. The first kappa shape index (κ1) is 8.47. The summed E-state index contributed by atoms with van der Waals surface area (Å²) in [5.41, 5.74) is 0. The predicted octanol–water partition coefficient (Wildman–Crippen LogP) is 1.18. The van der Waals surface area contributed by atoms with Gasteiger partial charge in [-0.2, -0.15) is 0 Å². The molecule has 0 heterocycles. The Balaban J connectivity index is 3.28. The van der Waals surface area contributed by atoms with Crippen LogP contribution in [0.4, 0.5) is 0 Å². The maximum atomic E-state index is 10.7. The van der Waals surface area contributed by atoms with E-state index in [0.717, 1.165) is 6.42 Å². The standard InChI is InChI=1S/C7H14NO/c1-4-5-8-7(9)6(2)3/h6H,4-5H2,1-3H3. The van der Waals surface area contributed by atoms with E-state index in [-0.39, 0.29) is 11.8 Å². The van der Waals surface area contributed by atoms with Crippen molar-refractivity contribution in [2.75, 3.05) is 6.54 Å². The minimum Gasteiger partial charge on any atom is -0.273 e. The van der Waals surface area contributed by atoms with Gasteiger partial charge in [0.05, 0.1) is 0 Å². The summed E-state index contributed by atoms with van der Waals surface area (Å²) in [5.74, 6) is 0.0911. The summed E-state index contributed by atoms with van der Waals surface area (Å²) in [6, 6.07) is 0. The molecule has 1 amide bonds. The van der Waals surface area contributed by atoms with E-state index in [0.29, 0.717) is 6.54 Å². The molecule has 1 radical (unpaired) electrons. The van der Waals surface area contributed by atoms with Crippen molar-refractivity contribution in [3.05, 3.63) is 0 Å². The van der Waals surface area contributed by atoms with Crippen molar-refractivity contribution in [1.29, 1.82) is 0 Å². The summed E-state index contributed by atoms with van der Waals surface area (Å²) in [5, 5.41) is 3.80. The van der Waals surface area contributed by atoms with Gasteiger partial charge in [0.1, 0.15) is 0 Å².